The number of esters is 1. The Hall–Kier alpha value is -1.36. The predicted octanol–water partition coefficient (Wildman–Crippen LogP) is 1.12. The van der Waals surface area contributed by atoms with Crippen molar-refractivity contribution in [3.05, 3.63) is 18.2 Å². The van der Waals surface area contributed by atoms with Gasteiger partial charge in [-0.2, -0.15) is 0 Å². The molecule has 0 aliphatic carbocycles. The van der Waals surface area contributed by atoms with Crippen molar-refractivity contribution in [2.45, 2.75) is 45.7 Å². The Morgan fingerprint density at radius 3 is 3.00 bits per heavy atom. The summed E-state index contributed by atoms with van der Waals surface area (Å²) in [5.74, 6) is 0.483. The molecule has 0 aromatic carbocycles. The number of nitrogens with two attached hydrogens (primary N) is 1. The van der Waals surface area contributed by atoms with Gasteiger partial charge in [0.2, 0.25) is 0 Å². The van der Waals surface area contributed by atoms with Gasteiger partial charge in [0, 0.05) is 25.4 Å². The van der Waals surface area contributed by atoms with E-state index in [-0.39, 0.29) is 5.97 Å². The largest absolute Gasteiger partial charge is 0.465 e. The lowest BCUT2D eigenvalue weighted by Gasteiger charge is -2.11. The number of rotatable bonds is 7. The van der Waals surface area contributed by atoms with Crippen LogP contribution in [0.25, 0.3) is 0 Å². The van der Waals surface area contributed by atoms with E-state index in [0.717, 1.165) is 25.2 Å². The van der Waals surface area contributed by atoms with Crippen molar-refractivity contribution in [2.24, 2.45) is 5.73 Å². The summed E-state index contributed by atoms with van der Waals surface area (Å²) in [5.41, 5.74) is 5.76. The minimum atomic E-state index is -0.627. The Balaban J connectivity index is 2.55. The molecule has 0 spiro atoms. The monoisotopic (exact) mass is 239 g/mol. The summed E-state index contributed by atoms with van der Waals surface area (Å²) in [5, 5.41) is 0. The lowest BCUT2D eigenvalue weighted by atomic mass is 10.2. The fourth-order valence-corrected chi connectivity index (χ4v) is 1.59. The summed E-state index contributed by atoms with van der Waals surface area (Å²) < 4.78 is 6.92. The highest BCUT2D eigenvalue weighted by molar-refractivity contribution is 5.75. The van der Waals surface area contributed by atoms with Crippen LogP contribution in [0.2, 0.25) is 0 Å². The van der Waals surface area contributed by atoms with Crippen LogP contribution in [0.3, 0.4) is 0 Å². The molecule has 96 valence electrons. The van der Waals surface area contributed by atoms with Crippen molar-refractivity contribution in [1.29, 1.82) is 0 Å². The second kappa shape index (κ2) is 7.06. The van der Waals surface area contributed by atoms with Crippen LogP contribution in [-0.2, 0) is 22.5 Å². The van der Waals surface area contributed by atoms with Crippen LogP contribution in [0.15, 0.2) is 12.4 Å². The molecule has 0 amide bonds. The topological polar surface area (TPSA) is 70.1 Å². The fraction of sp³-hybridized carbons (Fsp3) is 0.667. The molecule has 1 rings (SSSR count). The average Bonchev–Trinajstić information content (AvgIpc) is 2.74. The Labute approximate surface area is 102 Å². The first-order valence-corrected chi connectivity index (χ1v) is 6.11. The van der Waals surface area contributed by atoms with Gasteiger partial charge in [-0.15, -0.1) is 0 Å². The van der Waals surface area contributed by atoms with Crippen LogP contribution < -0.4 is 5.73 Å². The van der Waals surface area contributed by atoms with E-state index in [4.69, 9.17) is 10.5 Å². The van der Waals surface area contributed by atoms with E-state index >= 15 is 0 Å². The third kappa shape index (κ3) is 4.19. The third-order valence-electron chi connectivity index (χ3n) is 2.55. The van der Waals surface area contributed by atoms with Crippen LogP contribution >= 0.6 is 0 Å². The number of aromatic nitrogens is 2. The highest BCUT2D eigenvalue weighted by atomic mass is 16.5. The van der Waals surface area contributed by atoms with E-state index in [0.29, 0.717) is 13.0 Å². The molecule has 0 saturated heterocycles. The molecule has 0 bridgehead atoms. The van der Waals surface area contributed by atoms with Crippen molar-refractivity contribution in [3.63, 3.8) is 0 Å². The molecule has 0 aliphatic rings. The number of imidazole rings is 1. The van der Waals surface area contributed by atoms with Crippen LogP contribution in [0.4, 0.5) is 0 Å². The number of ether oxygens (including phenoxy) is 1. The smallest absolute Gasteiger partial charge is 0.323 e. The molecular formula is C12H21N3O2. The van der Waals surface area contributed by atoms with Gasteiger partial charge < -0.3 is 15.0 Å². The maximum atomic E-state index is 11.4. The van der Waals surface area contributed by atoms with Gasteiger partial charge >= 0.3 is 5.97 Å². The molecule has 1 aromatic heterocycles. The summed E-state index contributed by atoms with van der Waals surface area (Å²) in [6.07, 6.45) is 6.31. The zero-order chi connectivity index (χ0) is 12.7. The average molecular weight is 239 g/mol. The standard InChI is InChI=1S/C12H21N3O2/c1-3-5-7-15-8-6-14-11(15)9-10(13)12(16)17-4-2/h6,8,10H,3-5,7,9,13H2,1-2H3. The van der Waals surface area contributed by atoms with Crippen molar-refractivity contribution in [1.82, 2.24) is 9.55 Å². The SMILES string of the molecule is CCCCn1ccnc1CC(N)C(=O)OCC. The number of hydrogen-bond donors (Lipinski definition) is 1. The van der Waals surface area contributed by atoms with Crippen molar-refractivity contribution in [2.75, 3.05) is 6.61 Å². The van der Waals surface area contributed by atoms with E-state index in [9.17, 15) is 4.79 Å². The molecule has 0 fully saturated rings. The molecule has 1 heterocycles. The Kier molecular flexibility index (Phi) is 5.69. The maximum Gasteiger partial charge on any atom is 0.323 e. The second-order valence-corrected chi connectivity index (χ2v) is 3.95. The fourth-order valence-electron chi connectivity index (χ4n) is 1.59. The third-order valence-corrected chi connectivity index (χ3v) is 2.55. The van der Waals surface area contributed by atoms with Crippen molar-refractivity contribution in [3.8, 4) is 0 Å². The maximum absolute atomic E-state index is 11.4. The molecule has 0 saturated carbocycles. The van der Waals surface area contributed by atoms with Gasteiger partial charge in [0.15, 0.2) is 0 Å². The number of unbranched alkanes of at least 4 members (excludes halogenated alkanes) is 1. The van der Waals surface area contributed by atoms with Gasteiger partial charge in [0.25, 0.3) is 0 Å². The number of carbonyl (C=O) groups is 1. The second-order valence-electron chi connectivity index (χ2n) is 3.95. The highest BCUT2D eigenvalue weighted by Gasteiger charge is 2.17. The molecule has 5 nitrogen and oxygen atoms in total. The first-order valence-electron chi connectivity index (χ1n) is 6.11. The number of nitrogens with zero attached hydrogens (tertiary/aromatic N) is 2. The molecule has 1 atom stereocenters. The van der Waals surface area contributed by atoms with E-state index < -0.39 is 6.04 Å². The molecule has 1 unspecified atom stereocenters. The van der Waals surface area contributed by atoms with Crippen LogP contribution in [0.1, 0.15) is 32.5 Å². The van der Waals surface area contributed by atoms with E-state index in [2.05, 4.69) is 11.9 Å². The first kappa shape index (κ1) is 13.7. The zero-order valence-electron chi connectivity index (χ0n) is 10.6. The minimum Gasteiger partial charge on any atom is -0.465 e. The predicted molar refractivity (Wildman–Crippen MR) is 65.4 cm³/mol. The van der Waals surface area contributed by atoms with Crippen LogP contribution in [0, 0.1) is 0 Å². The van der Waals surface area contributed by atoms with Crippen molar-refractivity contribution >= 4 is 5.97 Å². The summed E-state index contributed by atoms with van der Waals surface area (Å²) in [4.78, 5) is 15.6. The molecule has 5 heteroatoms. The van der Waals surface area contributed by atoms with Gasteiger partial charge in [-0.3, -0.25) is 4.79 Å². The highest BCUT2D eigenvalue weighted by Crippen LogP contribution is 2.04. The van der Waals surface area contributed by atoms with Crippen molar-refractivity contribution < 1.29 is 9.53 Å². The van der Waals surface area contributed by atoms with Crippen LogP contribution in [0.5, 0.6) is 0 Å². The van der Waals surface area contributed by atoms with E-state index in [1.54, 1.807) is 13.1 Å². The first-order chi connectivity index (χ1) is 8.19. The molecule has 17 heavy (non-hydrogen) atoms. The molecular weight excluding hydrogens is 218 g/mol. The van der Waals surface area contributed by atoms with Gasteiger partial charge in [0.05, 0.1) is 6.61 Å². The van der Waals surface area contributed by atoms with Gasteiger partial charge in [-0.1, -0.05) is 13.3 Å². The number of hydrogen-bond acceptors (Lipinski definition) is 4. The summed E-state index contributed by atoms with van der Waals surface area (Å²) in [6.45, 7) is 5.19. The molecule has 1 aromatic rings. The van der Waals surface area contributed by atoms with Gasteiger partial charge in [-0.25, -0.2) is 4.98 Å². The Bertz CT molecular complexity index is 349. The summed E-state index contributed by atoms with van der Waals surface area (Å²) in [6, 6.07) is -0.627. The van der Waals surface area contributed by atoms with Crippen LogP contribution in [-0.4, -0.2) is 28.2 Å². The van der Waals surface area contributed by atoms with Gasteiger partial charge in [0.1, 0.15) is 11.9 Å². The minimum absolute atomic E-state index is 0.358. The Morgan fingerprint density at radius 1 is 1.59 bits per heavy atom. The van der Waals surface area contributed by atoms with E-state index in [1.807, 2.05) is 10.8 Å². The van der Waals surface area contributed by atoms with Gasteiger partial charge in [-0.05, 0) is 13.3 Å². The Morgan fingerprint density at radius 2 is 2.35 bits per heavy atom. The molecule has 0 radical (unpaired) electrons. The molecule has 0 aliphatic heterocycles. The number of carbonyl (C=O) groups excluding carboxylic acids is 1. The lowest BCUT2D eigenvalue weighted by molar-refractivity contribution is -0.144. The van der Waals surface area contributed by atoms with E-state index in [1.165, 1.54) is 0 Å². The zero-order valence-corrected chi connectivity index (χ0v) is 10.6. The molecule has 2 N–H and O–H groups in total. The summed E-state index contributed by atoms with van der Waals surface area (Å²) >= 11 is 0. The summed E-state index contributed by atoms with van der Waals surface area (Å²) in [7, 11) is 0. The normalized spacial score (nSPS) is 12.4. The number of aryl methyl sites for hydroxylation is 1. The quantitative estimate of drug-likeness (QED) is 0.724. The lowest BCUT2D eigenvalue weighted by Crippen LogP contribution is -2.35.